The lowest BCUT2D eigenvalue weighted by molar-refractivity contribution is 0.0951. The van der Waals surface area contributed by atoms with Crippen LogP contribution in [0, 0.1) is 5.92 Å². The lowest BCUT2D eigenvalue weighted by Crippen LogP contribution is -2.29. The van der Waals surface area contributed by atoms with Crippen molar-refractivity contribution < 1.29 is 4.79 Å². The number of amides is 1. The first-order valence-electron chi connectivity index (χ1n) is 8.14. The Kier molecular flexibility index (Phi) is 4.25. The van der Waals surface area contributed by atoms with Crippen molar-refractivity contribution in [3.05, 3.63) is 69.2 Å². The summed E-state index contributed by atoms with van der Waals surface area (Å²) in [6.07, 6.45) is 0. The Morgan fingerprint density at radius 2 is 1.83 bits per heavy atom. The standard InChI is InChI=1S/C19H18Cl2N2O/c20-14-5-12(6-15(21)7-14)9-23-10-13-8-22-19(24)17-4-2-1-3-16(17)18(13)11-23/h1-7,13,18H,8-11H2,(H,22,24)/t13-,18?/m0/s1. The van der Waals surface area contributed by atoms with Crippen LogP contribution in [0.2, 0.25) is 10.0 Å². The number of carbonyl (C=O) groups is 1. The van der Waals surface area contributed by atoms with Gasteiger partial charge in [-0.25, -0.2) is 0 Å². The predicted molar refractivity (Wildman–Crippen MR) is 96.7 cm³/mol. The van der Waals surface area contributed by atoms with Crippen LogP contribution in [0.1, 0.15) is 27.4 Å². The number of likely N-dealkylation sites (tertiary alicyclic amines) is 1. The third-order valence-electron chi connectivity index (χ3n) is 4.97. The first-order valence-corrected chi connectivity index (χ1v) is 8.90. The maximum absolute atomic E-state index is 12.2. The summed E-state index contributed by atoms with van der Waals surface area (Å²) in [7, 11) is 0. The molecule has 3 nitrogen and oxygen atoms in total. The van der Waals surface area contributed by atoms with Crippen molar-refractivity contribution in [1.82, 2.24) is 10.2 Å². The van der Waals surface area contributed by atoms with Gasteiger partial charge in [-0.2, -0.15) is 0 Å². The van der Waals surface area contributed by atoms with E-state index in [2.05, 4.69) is 16.3 Å². The molecule has 1 saturated heterocycles. The van der Waals surface area contributed by atoms with Crippen molar-refractivity contribution in [1.29, 1.82) is 0 Å². The molecule has 0 bridgehead atoms. The average Bonchev–Trinajstić information content (AvgIpc) is 2.89. The molecule has 5 heteroatoms. The van der Waals surface area contributed by atoms with E-state index < -0.39 is 0 Å². The van der Waals surface area contributed by atoms with Gasteiger partial charge >= 0.3 is 0 Å². The monoisotopic (exact) mass is 360 g/mol. The fourth-order valence-corrected chi connectivity index (χ4v) is 4.53. The molecule has 0 spiro atoms. The van der Waals surface area contributed by atoms with Crippen LogP contribution in [0.25, 0.3) is 0 Å². The molecule has 2 heterocycles. The minimum atomic E-state index is 0.0492. The van der Waals surface area contributed by atoms with Crippen molar-refractivity contribution in [3.8, 4) is 0 Å². The molecular formula is C19H18Cl2N2O. The summed E-state index contributed by atoms with van der Waals surface area (Å²) in [6.45, 7) is 3.46. The van der Waals surface area contributed by atoms with Crippen LogP contribution in [-0.4, -0.2) is 30.4 Å². The average molecular weight is 361 g/mol. The Bertz CT molecular complexity index is 772. The Hall–Kier alpha value is -1.55. The Balaban J connectivity index is 1.58. The number of hydrogen-bond acceptors (Lipinski definition) is 2. The number of rotatable bonds is 2. The zero-order valence-corrected chi connectivity index (χ0v) is 14.6. The molecule has 2 atom stereocenters. The summed E-state index contributed by atoms with van der Waals surface area (Å²) in [6, 6.07) is 13.7. The topological polar surface area (TPSA) is 32.3 Å². The minimum absolute atomic E-state index is 0.0492. The maximum Gasteiger partial charge on any atom is 0.251 e. The van der Waals surface area contributed by atoms with Gasteiger partial charge in [0.15, 0.2) is 0 Å². The highest BCUT2D eigenvalue weighted by Gasteiger charge is 2.37. The summed E-state index contributed by atoms with van der Waals surface area (Å²) < 4.78 is 0. The van der Waals surface area contributed by atoms with Gasteiger partial charge in [-0.1, -0.05) is 41.4 Å². The van der Waals surface area contributed by atoms with Crippen LogP contribution < -0.4 is 5.32 Å². The van der Waals surface area contributed by atoms with Crippen molar-refractivity contribution >= 4 is 29.1 Å². The zero-order valence-electron chi connectivity index (χ0n) is 13.1. The highest BCUT2D eigenvalue weighted by Crippen LogP contribution is 2.36. The van der Waals surface area contributed by atoms with Crippen LogP contribution in [0.3, 0.4) is 0 Å². The van der Waals surface area contributed by atoms with Crippen molar-refractivity contribution in [3.63, 3.8) is 0 Å². The van der Waals surface area contributed by atoms with Gasteiger partial charge in [-0.05, 0) is 41.3 Å². The molecule has 0 radical (unpaired) electrons. The SMILES string of the molecule is O=C1NC[C@H]2CN(Cc3cc(Cl)cc(Cl)c3)CC2c2ccccc21. The number of fused-ring (bicyclic) bond motifs is 3. The highest BCUT2D eigenvalue weighted by atomic mass is 35.5. The van der Waals surface area contributed by atoms with Crippen LogP contribution in [0.4, 0.5) is 0 Å². The highest BCUT2D eigenvalue weighted by molar-refractivity contribution is 6.34. The van der Waals surface area contributed by atoms with Gasteiger partial charge in [0.05, 0.1) is 0 Å². The van der Waals surface area contributed by atoms with Gasteiger partial charge in [0.25, 0.3) is 5.91 Å². The summed E-state index contributed by atoms with van der Waals surface area (Å²) in [5.41, 5.74) is 3.11. The van der Waals surface area contributed by atoms with Crippen molar-refractivity contribution in [2.75, 3.05) is 19.6 Å². The molecular weight excluding hydrogens is 343 g/mol. The maximum atomic E-state index is 12.2. The summed E-state index contributed by atoms with van der Waals surface area (Å²) in [5, 5.41) is 4.41. The lowest BCUT2D eigenvalue weighted by Gasteiger charge is -2.17. The van der Waals surface area contributed by atoms with Crippen LogP contribution in [0.5, 0.6) is 0 Å². The number of benzene rings is 2. The second kappa shape index (κ2) is 6.40. The molecule has 0 saturated carbocycles. The molecule has 24 heavy (non-hydrogen) atoms. The van der Waals surface area contributed by atoms with Gasteiger partial charge in [0.1, 0.15) is 0 Å². The smallest absolute Gasteiger partial charge is 0.251 e. The van der Waals surface area contributed by atoms with Gasteiger partial charge in [-0.3, -0.25) is 9.69 Å². The molecule has 1 N–H and O–H groups in total. The fourth-order valence-electron chi connectivity index (χ4n) is 3.96. The number of nitrogens with one attached hydrogen (secondary N) is 1. The van der Waals surface area contributed by atoms with Crippen LogP contribution in [-0.2, 0) is 6.54 Å². The Labute approximate surface area is 151 Å². The largest absolute Gasteiger partial charge is 0.352 e. The third-order valence-corrected chi connectivity index (χ3v) is 5.41. The number of halogens is 2. The van der Waals surface area contributed by atoms with E-state index in [0.29, 0.717) is 21.9 Å². The summed E-state index contributed by atoms with van der Waals surface area (Å²) in [4.78, 5) is 14.7. The molecule has 2 aromatic rings. The van der Waals surface area contributed by atoms with E-state index in [9.17, 15) is 4.79 Å². The first kappa shape index (κ1) is 15.9. The van der Waals surface area contributed by atoms with Crippen LogP contribution >= 0.6 is 23.2 Å². The number of hydrogen-bond donors (Lipinski definition) is 1. The molecule has 1 fully saturated rings. The number of nitrogens with zero attached hydrogens (tertiary/aromatic N) is 1. The second-order valence-corrected chi connectivity index (χ2v) is 7.51. The number of carbonyl (C=O) groups excluding carboxylic acids is 1. The summed E-state index contributed by atoms with van der Waals surface area (Å²) >= 11 is 12.2. The molecule has 4 rings (SSSR count). The molecule has 124 valence electrons. The van der Waals surface area contributed by atoms with Gasteiger partial charge in [0, 0.05) is 47.7 Å². The normalized spacial score (nSPS) is 23.3. The Morgan fingerprint density at radius 3 is 2.62 bits per heavy atom. The predicted octanol–water partition coefficient (Wildman–Crippen LogP) is 3.95. The third kappa shape index (κ3) is 3.04. The minimum Gasteiger partial charge on any atom is -0.352 e. The lowest BCUT2D eigenvalue weighted by atomic mass is 9.87. The fraction of sp³-hybridized carbons (Fsp3) is 0.316. The molecule has 0 aliphatic carbocycles. The van der Waals surface area contributed by atoms with Gasteiger partial charge in [0.2, 0.25) is 0 Å². The molecule has 2 aliphatic rings. The van der Waals surface area contributed by atoms with Crippen LogP contribution in [0.15, 0.2) is 42.5 Å². The molecule has 2 aliphatic heterocycles. The van der Waals surface area contributed by atoms with E-state index in [-0.39, 0.29) is 5.91 Å². The second-order valence-electron chi connectivity index (χ2n) is 6.64. The molecule has 1 amide bonds. The Morgan fingerprint density at radius 1 is 1.08 bits per heavy atom. The molecule has 2 aromatic carbocycles. The van der Waals surface area contributed by atoms with E-state index in [1.165, 1.54) is 5.56 Å². The van der Waals surface area contributed by atoms with E-state index in [1.807, 2.05) is 30.3 Å². The van der Waals surface area contributed by atoms with E-state index >= 15 is 0 Å². The van der Waals surface area contributed by atoms with E-state index in [4.69, 9.17) is 23.2 Å². The quantitative estimate of drug-likeness (QED) is 0.879. The molecule has 1 unspecified atom stereocenters. The summed E-state index contributed by atoms with van der Waals surface area (Å²) in [5.74, 6) is 0.871. The van der Waals surface area contributed by atoms with Gasteiger partial charge < -0.3 is 5.32 Å². The van der Waals surface area contributed by atoms with Gasteiger partial charge in [-0.15, -0.1) is 0 Å². The van der Waals surface area contributed by atoms with Crippen molar-refractivity contribution in [2.45, 2.75) is 12.5 Å². The zero-order chi connectivity index (χ0) is 16.7. The van der Waals surface area contributed by atoms with Crippen molar-refractivity contribution in [2.24, 2.45) is 5.92 Å². The molecule has 0 aromatic heterocycles. The first-order chi connectivity index (χ1) is 11.6. The van der Waals surface area contributed by atoms with E-state index in [1.54, 1.807) is 6.07 Å². The van der Waals surface area contributed by atoms with E-state index in [0.717, 1.165) is 37.3 Å².